The van der Waals surface area contributed by atoms with E-state index in [4.69, 9.17) is 4.42 Å². The van der Waals surface area contributed by atoms with Gasteiger partial charge in [0.05, 0.1) is 21.2 Å². The Morgan fingerprint density at radius 2 is 1.72 bits per heavy atom. The summed E-state index contributed by atoms with van der Waals surface area (Å²) in [6.45, 7) is 0.291. The third-order valence-electron chi connectivity index (χ3n) is 2.16. The van der Waals surface area contributed by atoms with Gasteiger partial charge in [0, 0.05) is 6.07 Å². The summed E-state index contributed by atoms with van der Waals surface area (Å²) >= 11 is 9.49. The van der Waals surface area contributed by atoms with Gasteiger partial charge in [-0.15, -0.1) is 0 Å². The Hall–Kier alpha value is -0.400. The first kappa shape index (κ1) is 14.0. The summed E-state index contributed by atoms with van der Waals surface area (Å²) in [6, 6.07) is 3.92. The fourth-order valence-electron chi connectivity index (χ4n) is 1.32. The van der Waals surface area contributed by atoms with Crippen LogP contribution in [-0.2, 0) is 6.54 Å². The van der Waals surface area contributed by atoms with E-state index in [2.05, 4.69) is 53.1 Å². The quantitative estimate of drug-likeness (QED) is 0.635. The van der Waals surface area contributed by atoms with Crippen LogP contribution in [-0.4, -0.2) is 0 Å². The summed E-state index contributed by atoms with van der Waals surface area (Å²) in [7, 11) is 0. The van der Waals surface area contributed by atoms with E-state index in [1.54, 1.807) is 6.07 Å². The second-order valence-electron chi connectivity index (χ2n) is 3.43. The van der Waals surface area contributed by atoms with E-state index in [0.717, 1.165) is 10.5 Å². The van der Waals surface area contributed by atoms with Crippen molar-refractivity contribution in [1.82, 2.24) is 0 Å². The lowest BCUT2D eigenvalue weighted by Crippen LogP contribution is -2.01. The van der Waals surface area contributed by atoms with Crippen LogP contribution in [0.5, 0.6) is 0 Å². The van der Waals surface area contributed by atoms with Crippen molar-refractivity contribution in [2.75, 3.05) is 5.32 Å². The number of rotatable bonds is 3. The van der Waals surface area contributed by atoms with Gasteiger partial charge in [-0.1, -0.05) is 0 Å². The van der Waals surface area contributed by atoms with E-state index in [1.165, 1.54) is 6.07 Å². The molecule has 96 valence electrons. The molecule has 0 fully saturated rings. The Labute approximate surface area is 127 Å². The summed E-state index contributed by atoms with van der Waals surface area (Å²) in [5, 5.41) is 2.83. The second kappa shape index (κ2) is 5.71. The van der Waals surface area contributed by atoms with E-state index in [1.807, 2.05) is 0 Å². The second-order valence-corrected chi connectivity index (χ2v) is 5.86. The molecular weight excluding hydrogens is 440 g/mol. The molecule has 18 heavy (non-hydrogen) atoms. The molecule has 0 spiro atoms. The fourth-order valence-corrected chi connectivity index (χ4v) is 2.32. The Kier molecular flexibility index (Phi) is 4.45. The highest BCUT2D eigenvalue weighted by Gasteiger charge is 2.10. The van der Waals surface area contributed by atoms with Crippen LogP contribution in [0.2, 0.25) is 0 Å². The molecule has 0 unspecified atom stereocenters. The van der Waals surface area contributed by atoms with E-state index in [0.29, 0.717) is 17.0 Å². The molecule has 0 aliphatic rings. The molecule has 0 amide bonds. The molecule has 1 N–H and O–H groups in total. The number of anilines is 1. The zero-order chi connectivity index (χ0) is 13.3. The first-order valence-corrected chi connectivity index (χ1v) is 7.17. The predicted molar refractivity (Wildman–Crippen MR) is 75.5 cm³/mol. The van der Waals surface area contributed by atoms with Gasteiger partial charge in [0.25, 0.3) is 0 Å². The van der Waals surface area contributed by atoms with Crippen LogP contribution in [0, 0.1) is 11.6 Å². The SMILES string of the molecule is Fc1cc(F)c(NCc2cc(Br)c(Br)o2)cc1Br. The Balaban J connectivity index is 2.13. The van der Waals surface area contributed by atoms with Gasteiger partial charge < -0.3 is 9.73 Å². The normalized spacial score (nSPS) is 10.7. The molecule has 0 bridgehead atoms. The van der Waals surface area contributed by atoms with Gasteiger partial charge in [0.1, 0.15) is 17.4 Å². The van der Waals surface area contributed by atoms with Crippen molar-refractivity contribution >= 4 is 53.5 Å². The molecule has 0 aliphatic heterocycles. The third-order valence-corrected chi connectivity index (χ3v) is 4.48. The van der Waals surface area contributed by atoms with Crippen molar-refractivity contribution in [3.63, 3.8) is 0 Å². The molecule has 2 rings (SSSR count). The van der Waals surface area contributed by atoms with Crippen LogP contribution < -0.4 is 5.32 Å². The van der Waals surface area contributed by atoms with Crippen molar-refractivity contribution in [2.24, 2.45) is 0 Å². The smallest absolute Gasteiger partial charge is 0.183 e. The van der Waals surface area contributed by atoms with Gasteiger partial charge in [-0.3, -0.25) is 0 Å². The predicted octanol–water partition coefficient (Wildman–Crippen LogP) is 5.46. The first-order valence-electron chi connectivity index (χ1n) is 4.79. The molecule has 7 heteroatoms. The summed E-state index contributed by atoms with van der Waals surface area (Å²) < 4.78 is 33.4. The lowest BCUT2D eigenvalue weighted by Gasteiger charge is -2.07. The number of halogens is 5. The molecule has 0 saturated heterocycles. The van der Waals surface area contributed by atoms with Crippen LogP contribution in [0.1, 0.15) is 5.76 Å². The summed E-state index contributed by atoms with van der Waals surface area (Å²) in [4.78, 5) is 0. The molecule has 0 atom stereocenters. The average molecular weight is 446 g/mol. The van der Waals surface area contributed by atoms with Gasteiger partial charge in [-0.25, -0.2) is 8.78 Å². The molecule has 2 nitrogen and oxygen atoms in total. The van der Waals surface area contributed by atoms with Crippen molar-refractivity contribution in [3.05, 3.63) is 49.2 Å². The lowest BCUT2D eigenvalue weighted by molar-refractivity contribution is 0.493. The summed E-state index contributed by atoms with van der Waals surface area (Å²) in [5.74, 6) is -0.671. The highest BCUT2D eigenvalue weighted by molar-refractivity contribution is 9.13. The van der Waals surface area contributed by atoms with E-state index in [-0.39, 0.29) is 10.2 Å². The van der Waals surface area contributed by atoms with Gasteiger partial charge in [0.2, 0.25) is 0 Å². The monoisotopic (exact) mass is 443 g/mol. The zero-order valence-electron chi connectivity index (χ0n) is 8.74. The summed E-state index contributed by atoms with van der Waals surface area (Å²) in [6.07, 6.45) is 0. The summed E-state index contributed by atoms with van der Waals surface area (Å²) in [5.41, 5.74) is 0.201. The molecule has 0 saturated carbocycles. The number of furan rings is 1. The minimum atomic E-state index is -0.652. The van der Waals surface area contributed by atoms with E-state index >= 15 is 0 Å². The highest BCUT2D eigenvalue weighted by Crippen LogP contribution is 2.28. The fraction of sp³-hybridized carbons (Fsp3) is 0.0909. The standard InChI is InChI=1S/C11H6Br3F2NO/c12-6-2-10(9(16)3-8(6)15)17-4-5-1-7(13)11(14)18-5/h1-3,17H,4H2. The highest BCUT2D eigenvalue weighted by atomic mass is 79.9. The van der Waals surface area contributed by atoms with Gasteiger partial charge in [-0.2, -0.15) is 0 Å². The molecule has 1 aromatic carbocycles. The largest absolute Gasteiger partial charge is 0.451 e. The molecule has 1 heterocycles. The van der Waals surface area contributed by atoms with Gasteiger partial charge >= 0.3 is 0 Å². The Bertz CT molecular complexity index is 566. The number of benzene rings is 1. The average Bonchev–Trinajstić information content (AvgIpc) is 2.62. The van der Waals surface area contributed by atoms with Crippen LogP contribution >= 0.6 is 47.8 Å². The Morgan fingerprint density at radius 3 is 2.33 bits per heavy atom. The molecule has 0 radical (unpaired) electrons. The first-order chi connectivity index (χ1) is 8.47. The number of hydrogen-bond donors (Lipinski definition) is 1. The maximum atomic E-state index is 13.4. The minimum absolute atomic E-state index is 0.201. The maximum absolute atomic E-state index is 13.4. The van der Waals surface area contributed by atoms with Gasteiger partial charge in [0.15, 0.2) is 4.67 Å². The third kappa shape index (κ3) is 3.13. The van der Waals surface area contributed by atoms with Crippen molar-refractivity contribution < 1.29 is 13.2 Å². The zero-order valence-corrected chi connectivity index (χ0v) is 13.5. The molecular formula is C11H6Br3F2NO. The Morgan fingerprint density at radius 1 is 1.00 bits per heavy atom. The maximum Gasteiger partial charge on any atom is 0.183 e. The van der Waals surface area contributed by atoms with Gasteiger partial charge in [-0.05, 0) is 59.9 Å². The van der Waals surface area contributed by atoms with Crippen LogP contribution in [0.4, 0.5) is 14.5 Å². The minimum Gasteiger partial charge on any atom is -0.451 e. The van der Waals surface area contributed by atoms with Crippen LogP contribution in [0.3, 0.4) is 0 Å². The molecule has 0 aliphatic carbocycles. The topological polar surface area (TPSA) is 25.2 Å². The van der Waals surface area contributed by atoms with Crippen LogP contribution in [0.25, 0.3) is 0 Å². The van der Waals surface area contributed by atoms with Crippen LogP contribution in [0.15, 0.2) is 36.2 Å². The van der Waals surface area contributed by atoms with E-state index < -0.39 is 11.6 Å². The van der Waals surface area contributed by atoms with Crippen molar-refractivity contribution in [1.29, 1.82) is 0 Å². The van der Waals surface area contributed by atoms with E-state index in [9.17, 15) is 8.78 Å². The van der Waals surface area contributed by atoms with Crippen molar-refractivity contribution in [3.8, 4) is 0 Å². The number of hydrogen-bond acceptors (Lipinski definition) is 2. The van der Waals surface area contributed by atoms with Crippen molar-refractivity contribution in [2.45, 2.75) is 6.54 Å². The molecule has 2 aromatic rings. The number of nitrogens with one attached hydrogen (secondary N) is 1. The molecule has 1 aromatic heterocycles. The lowest BCUT2D eigenvalue weighted by atomic mass is 10.3.